The van der Waals surface area contributed by atoms with Crippen molar-refractivity contribution in [2.45, 2.75) is 19.8 Å². The van der Waals surface area contributed by atoms with Crippen LogP contribution in [0.5, 0.6) is 11.5 Å². The molecule has 0 aliphatic heterocycles. The highest BCUT2D eigenvalue weighted by molar-refractivity contribution is 5.43. The van der Waals surface area contributed by atoms with Crippen LogP contribution in [0.25, 0.3) is 0 Å². The van der Waals surface area contributed by atoms with Gasteiger partial charge in [-0.25, -0.2) is 0 Å². The van der Waals surface area contributed by atoms with Gasteiger partial charge in [0.15, 0.2) is 11.5 Å². The smallest absolute Gasteiger partial charge is 0.161 e. The predicted octanol–water partition coefficient (Wildman–Crippen LogP) is 1.49. The van der Waals surface area contributed by atoms with E-state index in [1.54, 1.807) is 7.11 Å². The van der Waals surface area contributed by atoms with Crippen LogP contribution in [0.3, 0.4) is 0 Å². The first kappa shape index (κ1) is 12.8. The van der Waals surface area contributed by atoms with Crippen LogP contribution in [0.15, 0.2) is 18.2 Å². The number of nitrogens with one attached hydrogen (secondary N) is 1. The van der Waals surface area contributed by atoms with Crippen LogP contribution in [-0.2, 0) is 6.42 Å². The van der Waals surface area contributed by atoms with Crippen LogP contribution in [0.4, 0.5) is 0 Å². The molecular weight excluding hydrogens is 204 g/mol. The maximum absolute atomic E-state index is 5.53. The van der Waals surface area contributed by atoms with Crippen LogP contribution in [0.1, 0.15) is 18.9 Å². The van der Waals surface area contributed by atoms with Crippen molar-refractivity contribution in [3.8, 4) is 11.5 Å². The fourth-order valence-electron chi connectivity index (χ4n) is 1.50. The van der Waals surface area contributed by atoms with Gasteiger partial charge in [0.1, 0.15) is 6.61 Å². The van der Waals surface area contributed by atoms with Gasteiger partial charge in [-0.2, -0.15) is 0 Å². The lowest BCUT2D eigenvalue weighted by molar-refractivity contribution is 0.293. The summed E-state index contributed by atoms with van der Waals surface area (Å²) in [5.41, 5.74) is 3.81. The lowest BCUT2D eigenvalue weighted by atomic mass is 10.1. The molecule has 4 heteroatoms. The van der Waals surface area contributed by atoms with Gasteiger partial charge in [0.05, 0.1) is 7.11 Å². The van der Waals surface area contributed by atoms with E-state index in [1.165, 1.54) is 5.56 Å². The van der Waals surface area contributed by atoms with Gasteiger partial charge >= 0.3 is 0 Å². The summed E-state index contributed by atoms with van der Waals surface area (Å²) >= 11 is 0. The second-order valence-corrected chi connectivity index (χ2v) is 3.54. The Morgan fingerprint density at radius 2 is 2.12 bits per heavy atom. The van der Waals surface area contributed by atoms with E-state index in [1.807, 2.05) is 12.1 Å². The summed E-state index contributed by atoms with van der Waals surface area (Å²) < 4.78 is 10.8. The van der Waals surface area contributed by atoms with Gasteiger partial charge in [-0.1, -0.05) is 19.4 Å². The second kappa shape index (κ2) is 7.09. The summed E-state index contributed by atoms with van der Waals surface area (Å²) in [6, 6.07) is 6.03. The molecule has 0 aliphatic rings. The molecule has 0 saturated carbocycles. The normalized spacial score (nSPS) is 10.2. The van der Waals surface area contributed by atoms with Crippen LogP contribution in [0, 0.1) is 0 Å². The lowest BCUT2D eigenvalue weighted by Crippen LogP contribution is -2.27. The molecule has 0 radical (unpaired) electrons. The van der Waals surface area contributed by atoms with Gasteiger partial charge in [-0.3, -0.25) is 11.3 Å². The molecule has 16 heavy (non-hydrogen) atoms. The number of benzene rings is 1. The number of nitrogens with two attached hydrogens (primary N) is 1. The fraction of sp³-hybridized carbons (Fsp3) is 0.500. The summed E-state index contributed by atoms with van der Waals surface area (Å²) in [4.78, 5) is 0. The Hall–Kier alpha value is -1.26. The monoisotopic (exact) mass is 224 g/mol. The molecule has 1 aromatic rings. The average molecular weight is 224 g/mol. The summed E-state index contributed by atoms with van der Waals surface area (Å²) in [6.45, 7) is 3.30. The van der Waals surface area contributed by atoms with Crippen LogP contribution >= 0.6 is 0 Å². The first-order chi connectivity index (χ1) is 7.81. The molecule has 3 N–H and O–H groups in total. The van der Waals surface area contributed by atoms with E-state index < -0.39 is 0 Å². The molecule has 1 aromatic carbocycles. The summed E-state index contributed by atoms with van der Waals surface area (Å²) in [6.07, 6.45) is 2.18. The second-order valence-electron chi connectivity index (χ2n) is 3.54. The van der Waals surface area contributed by atoms with Gasteiger partial charge in [0, 0.05) is 6.54 Å². The Kier molecular flexibility index (Phi) is 5.67. The number of ether oxygens (including phenoxy) is 2. The Morgan fingerprint density at radius 1 is 1.31 bits per heavy atom. The van der Waals surface area contributed by atoms with Crippen LogP contribution in [-0.4, -0.2) is 20.3 Å². The number of methoxy groups -OCH3 is 1. The average Bonchev–Trinajstić information content (AvgIpc) is 2.31. The molecule has 0 atom stereocenters. The van der Waals surface area contributed by atoms with Crippen molar-refractivity contribution in [1.29, 1.82) is 0 Å². The number of rotatable bonds is 7. The highest BCUT2D eigenvalue weighted by Gasteiger charge is 2.04. The summed E-state index contributed by atoms with van der Waals surface area (Å²) in [5, 5.41) is 0. The molecule has 0 fully saturated rings. The van der Waals surface area contributed by atoms with Gasteiger partial charge in [-0.15, -0.1) is 0 Å². The topological polar surface area (TPSA) is 56.5 Å². The highest BCUT2D eigenvalue weighted by Crippen LogP contribution is 2.28. The third kappa shape index (κ3) is 3.72. The maximum atomic E-state index is 5.53. The van der Waals surface area contributed by atoms with E-state index in [2.05, 4.69) is 18.4 Å². The standard InChI is InChI=1S/C12H20N2O2/c1-3-4-10-5-6-11(12(9-10)15-2)16-8-7-14-13/h5-6,9,14H,3-4,7-8,13H2,1-2H3. The maximum Gasteiger partial charge on any atom is 0.161 e. The fourth-order valence-corrected chi connectivity index (χ4v) is 1.50. The van der Waals surface area contributed by atoms with E-state index in [4.69, 9.17) is 15.3 Å². The Bertz CT molecular complexity index is 316. The molecule has 0 heterocycles. The van der Waals surface area contributed by atoms with E-state index in [0.717, 1.165) is 24.3 Å². The molecule has 0 aromatic heterocycles. The minimum absolute atomic E-state index is 0.528. The molecular formula is C12H20N2O2. The first-order valence-electron chi connectivity index (χ1n) is 5.55. The minimum Gasteiger partial charge on any atom is -0.493 e. The van der Waals surface area contributed by atoms with Crippen molar-refractivity contribution < 1.29 is 9.47 Å². The zero-order chi connectivity index (χ0) is 11.8. The number of aryl methyl sites for hydroxylation is 1. The zero-order valence-corrected chi connectivity index (χ0v) is 9.95. The summed E-state index contributed by atoms with van der Waals surface area (Å²) in [5.74, 6) is 6.71. The Morgan fingerprint density at radius 3 is 2.75 bits per heavy atom. The molecule has 0 unspecified atom stereocenters. The van der Waals surface area contributed by atoms with E-state index in [-0.39, 0.29) is 0 Å². The molecule has 0 amide bonds. The molecule has 90 valence electrons. The van der Waals surface area contributed by atoms with Crippen molar-refractivity contribution in [1.82, 2.24) is 5.43 Å². The molecule has 0 bridgehead atoms. The number of hydrazine groups is 1. The largest absolute Gasteiger partial charge is 0.493 e. The molecule has 0 aliphatic carbocycles. The predicted molar refractivity (Wildman–Crippen MR) is 64.7 cm³/mol. The third-order valence-electron chi connectivity index (χ3n) is 2.27. The Labute approximate surface area is 96.7 Å². The Balaban J connectivity index is 2.68. The quantitative estimate of drug-likeness (QED) is 0.418. The summed E-state index contributed by atoms with van der Waals surface area (Å²) in [7, 11) is 1.65. The van der Waals surface area contributed by atoms with Crippen molar-refractivity contribution in [2.24, 2.45) is 5.84 Å². The molecule has 1 rings (SSSR count). The molecule has 0 spiro atoms. The first-order valence-corrected chi connectivity index (χ1v) is 5.55. The van der Waals surface area contributed by atoms with Gasteiger partial charge < -0.3 is 9.47 Å². The van der Waals surface area contributed by atoms with Crippen LogP contribution in [0.2, 0.25) is 0 Å². The van der Waals surface area contributed by atoms with Crippen molar-refractivity contribution in [3.05, 3.63) is 23.8 Å². The van der Waals surface area contributed by atoms with Crippen molar-refractivity contribution in [3.63, 3.8) is 0 Å². The van der Waals surface area contributed by atoms with E-state index >= 15 is 0 Å². The number of hydrogen-bond acceptors (Lipinski definition) is 4. The molecule has 4 nitrogen and oxygen atoms in total. The number of hydrogen-bond donors (Lipinski definition) is 2. The van der Waals surface area contributed by atoms with Gasteiger partial charge in [-0.05, 0) is 24.1 Å². The molecule has 0 saturated heterocycles. The minimum atomic E-state index is 0.528. The van der Waals surface area contributed by atoms with Gasteiger partial charge in [0.2, 0.25) is 0 Å². The van der Waals surface area contributed by atoms with Crippen molar-refractivity contribution in [2.75, 3.05) is 20.3 Å². The lowest BCUT2D eigenvalue weighted by Gasteiger charge is -2.11. The van der Waals surface area contributed by atoms with E-state index in [9.17, 15) is 0 Å². The van der Waals surface area contributed by atoms with E-state index in [0.29, 0.717) is 13.2 Å². The zero-order valence-electron chi connectivity index (χ0n) is 9.95. The van der Waals surface area contributed by atoms with Crippen molar-refractivity contribution >= 4 is 0 Å². The van der Waals surface area contributed by atoms with Gasteiger partial charge in [0.25, 0.3) is 0 Å². The highest BCUT2D eigenvalue weighted by atomic mass is 16.5. The SMILES string of the molecule is CCCc1ccc(OCCNN)c(OC)c1. The third-order valence-corrected chi connectivity index (χ3v) is 2.27. The van der Waals surface area contributed by atoms with Crippen LogP contribution < -0.4 is 20.7 Å².